The second-order valence-corrected chi connectivity index (χ2v) is 5.85. The molecule has 1 aliphatic heterocycles. The van der Waals surface area contributed by atoms with Crippen molar-refractivity contribution in [1.82, 2.24) is 14.8 Å². The van der Waals surface area contributed by atoms with Gasteiger partial charge in [-0.15, -0.1) is 0 Å². The minimum atomic E-state index is 0.275. The summed E-state index contributed by atoms with van der Waals surface area (Å²) < 4.78 is 2.87. The molecule has 2 heterocycles. The number of nitrogens with one attached hydrogen (secondary N) is 1. The van der Waals surface area contributed by atoms with Crippen molar-refractivity contribution in [2.24, 2.45) is 0 Å². The van der Waals surface area contributed by atoms with Gasteiger partial charge in [-0.1, -0.05) is 15.9 Å². The summed E-state index contributed by atoms with van der Waals surface area (Å²) >= 11 is 3.39. The summed E-state index contributed by atoms with van der Waals surface area (Å²) in [4.78, 5) is 4.40. The third-order valence-electron chi connectivity index (χ3n) is 3.43. The van der Waals surface area contributed by atoms with E-state index < -0.39 is 0 Å². The number of aryl methyl sites for hydroxylation is 2. The molecule has 1 aromatic carbocycles. The average Bonchev–Trinajstić information content (AvgIpc) is 2.80. The second kappa shape index (κ2) is 5.25. The predicted octanol–water partition coefficient (Wildman–Crippen LogP) is 2.65. The average molecular weight is 332 g/mol. The summed E-state index contributed by atoms with van der Waals surface area (Å²) in [6.45, 7) is 2.70. The van der Waals surface area contributed by atoms with Crippen LogP contribution in [-0.4, -0.2) is 20.8 Å². The number of aromatic nitrogens is 3. The zero-order chi connectivity index (χ0) is 14.1. The number of halogens is 1. The fourth-order valence-corrected chi connectivity index (χ4v) is 2.87. The molecule has 102 valence electrons. The zero-order valence-electron chi connectivity index (χ0n) is 11.1. The maximum Gasteiger partial charge on any atom is 0.147 e. The van der Waals surface area contributed by atoms with Crippen LogP contribution in [0.2, 0.25) is 0 Å². The van der Waals surface area contributed by atoms with Crippen LogP contribution in [0.5, 0.6) is 0 Å². The van der Waals surface area contributed by atoms with Gasteiger partial charge in [0.15, 0.2) is 0 Å². The fraction of sp³-hybridized carbons (Fsp3) is 0.357. The van der Waals surface area contributed by atoms with E-state index in [9.17, 15) is 5.26 Å². The number of hydrogen-bond acceptors (Lipinski definition) is 4. The molecule has 0 radical (unpaired) electrons. The van der Waals surface area contributed by atoms with Crippen molar-refractivity contribution >= 4 is 21.6 Å². The number of rotatable bonds is 2. The lowest BCUT2D eigenvalue weighted by Crippen LogP contribution is -2.32. The summed E-state index contributed by atoms with van der Waals surface area (Å²) in [5.74, 6) is 1.87. The predicted molar refractivity (Wildman–Crippen MR) is 79.3 cm³/mol. The number of anilines is 1. The van der Waals surface area contributed by atoms with Gasteiger partial charge in [-0.25, -0.2) is 9.67 Å². The molecule has 1 aliphatic rings. The Morgan fingerprint density at radius 1 is 1.50 bits per heavy atom. The molecule has 6 heteroatoms. The molecule has 0 amide bonds. The summed E-state index contributed by atoms with van der Waals surface area (Å²) in [7, 11) is 0. The molecule has 0 saturated carbocycles. The van der Waals surface area contributed by atoms with E-state index >= 15 is 0 Å². The van der Waals surface area contributed by atoms with Crippen LogP contribution < -0.4 is 5.32 Å². The van der Waals surface area contributed by atoms with E-state index in [0.29, 0.717) is 5.56 Å². The van der Waals surface area contributed by atoms with Crippen LogP contribution in [0.4, 0.5) is 5.69 Å². The molecule has 0 aliphatic carbocycles. The Morgan fingerprint density at radius 2 is 2.35 bits per heavy atom. The highest BCUT2D eigenvalue weighted by atomic mass is 79.9. The summed E-state index contributed by atoms with van der Waals surface area (Å²) in [6, 6.07) is 8.20. The zero-order valence-corrected chi connectivity index (χ0v) is 12.7. The molecule has 5 nitrogen and oxygen atoms in total. The summed E-state index contributed by atoms with van der Waals surface area (Å²) in [5, 5.41) is 17.0. The van der Waals surface area contributed by atoms with Gasteiger partial charge >= 0.3 is 0 Å². The Kier molecular flexibility index (Phi) is 3.45. The van der Waals surface area contributed by atoms with Crippen LogP contribution in [0.25, 0.3) is 0 Å². The van der Waals surface area contributed by atoms with Crippen molar-refractivity contribution < 1.29 is 0 Å². The third kappa shape index (κ3) is 2.54. The molecule has 2 aromatic rings. The van der Waals surface area contributed by atoms with Crippen molar-refractivity contribution in [3.8, 4) is 6.07 Å². The number of hydrogen-bond donors (Lipinski definition) is 1. The van der Waals surface area contributed by atoms with Gasteiger partial charge in [0.05, 0.1) is 17.8 Å². The highest BCUT2D eigenvalue weighted by Gasteiger charge is 2.21. The van der Waals surface area contributed by atoms with Gasteiger partial charge in [-0.2, -0.15) is 10.4 Å². The Labute approximate surface area is 125 Å². The van der Waals surface area contributed by atoms with E-state index in [4.69, 9.17) is 0 Å². The monoisotopic (exact) mass is 331 g/mol. The summed E-state index contributed by atoms with van der Waals surface area (Å²) in [6.07, 6.45) is 1.91. The fourth-order valence-electron chi connectivity index (χ4n) is 2.51. The van der Waals surface area contributed by atoms with Crippen LogP contribution >= 0.6 is 15.9 Å². The van der Waals surface area contributed by atoms with E-state index in [0.717, 1.165) is 41.2 Å². The minimum absolute atomic E-state index is 0.275. The largest absolute Gasteiger partial charge is 0.379 e. The second-order valence-electron chi connectivity index (χ2n) is 4.94. The van der Waals surface area contributed by atoms with Gasteiger partial charge in [0.25, 0.3) is 0 Å². The number of benzene rings is 1. The first-order valence-electron chi connectivity index (χ1n) is 6.52. The normalized spacial score (nSPS) is 17.4. The van der Waals surface area contributed by atoms with Gasteiger partial charge in [0.1, 0.15) is 17.7 Å². The molecule has 0 spiro atoms. The molecule has 3 rings (SSSR count). The van der Waals surface area contributed by atoms with Crippen molar-refractivity contribution in [1.29, 1.82) is 5.26 Å². The van der Waals surface area contributed by atoms with Crippen molar-refractivity contribution in [2.45, 2.75) is 32.4 Å². The Hall–Kier alpha value is -1.87. The van der Waals surface area contributed by atoms with E-state index in [-0.39, 0.29) is 6.04 Å². The van der Waals surface area contributed by atoms with Crippen LogP contribution in [0.3, 0.4) is 0 Å². The molecular weight excluding hydrogens is 318 g/mol. The first-order valence-corrected chi connectivity index (χ1v) is 7.31. The molecule has 0 fully saturated rings. The van der Waals surface area contributed by atoms with Crippen LogP contribution in [0, 0.1) is 18.3 Å². The first kappa shape index (κ1) is 13.1. The quantitative estimate of drug-likeness (QED) is 0.918. The topological polar surface area (TPSA) is 66.5 Å². The molecule has 0 saturated heterocycles. The van der Waals surface area contributed by atoms with Crippen molar-refractivity contribution in [3.63, 3.8) is 0 Å². The molecule has 0 bridgehead atoms. The number of nitriles is 1. The van der Waals surface area contributed by atoms with Crippen LogP contribution in [0.1, 0.15) is 23.6 Å². The van der Waals surface area contributed by atoms with Crippen LogP contribution in [0.15, 0.2) is 22.7 Å². The lowest BCUT2D eigenvalue weighted by molar-refractivity contribution is 0.441. The Bertz CT molecular complexity index is 685. The van der Waals surface area contributed by atoms with E-state index in [1.807, 2.05) is 29.8 Å². The maximum atomic E-state index is 9.20. The van der Waals surface area contributed by atoms with E-state index in [1.165, 1.54) is 0 Å². The SMILES string of the molecule is Cc1nc2n(n1)CC(Nc1ccc(Br)cc1C#N)CC2. The summed E-state index contributed by atoms with van der Waals surface area (Å²) in [5.41, 5.74) is 1.53. The highest BCUT2D eigenvalue weighted by Crippen LogP contribution is 2.23. The molecular formula is C14H14BrN5. The van der Waals surface area contributed by atoms with Gasteiger partial charge in [-0.05, 0) is 31.5 Å². The highest BCUT2D eigenvalue weighted by molar-refractivity contribution is 9.10. The van der Waals surface area contributed by atoms with Gasteiger partial charge in [-0.3, -0.25) is 0 Å². The molecule has 20 heavy (non-hydrogen) atoms. The lowest BCUT2D eigenvalue weighted by atomic mass is 10.1. The lowest BCUT2D eigenvalue weighted by Gasteiger charge is -2.25. The minimum Gasteiger partial charge on any atom is -0.379 e. The van der Waals surface area contributed by atoms with Gasteiger partial charge in [0.2, 0.25) is 0 Å². The number of nitrogens with zero attached hydrogens (tertiary/aromatic N) is 4. The molecule has 1 unspecified atom stereocenters. The van der Waals surface area contributed by atoms with Crippen molar-refractivity contribution in [2.75, 3.05) is 5.32 Å². The number of fused-ring (bicyclic) bond motifs is 1. The van der Waals surface area contributed by atoms with Gasteiger partial charge < -0.3 is 5.32 Å². The Balaban J connectivity index is 1.78. The van der Waals surface area contributed by atoms with E-state index in [2.05, 4.69) is 37.4 Å². The molecule has 1 aromatic heterocycles. The molecule has 1 N–H and O–H groups in total. The maximum absolute atomic E-state index is 9.20. The van der Waals surface area contributed by atoms with Crippen molar-refractivity contribution in [3.05, 3.63) is 39.9 Å². The van der Waals surface area contributed by atoms with Crippen LogP contribution in [-0.2, 0) is 13.0 Å². The van der Waals surface area contributed by atoms with Gasteiger partial charge in [0, 0.05) is 16.9 Å². The first-order chi connectivity index (χ1) is 9.65. The third-order valence-corrected chi connectivity index (χ3v) is 3.92. The Morgan fingerprint density at radius 3 is 3.15 bits per heavy atom. The standard InChI is InChI=1S/C14H14BrN5/c1-9-17-14-5-3-12(8-20(14)19-9)18-13-4-2-11(15)6-10(13)7-16/h2,4,6,12,18H,3,5,8H2,1H3. The van der Waals surface area contributed by atoms with E-state index in [1.54, 1.807) is 0 Å². The smallest absolute Gasteiger partial charge is 0.147 e. The molecule has 1 atom stereocenters.